The highest BCUT2D eigenvalue weighted by molar-refractivity contribution is 5.78. The number of hydrogen-bond acceptors (Lipinski definition) is 9. The fourth-order valence-corrected chi connectivity index (χ4v) is 7.28. The summed E-state index contributed by atoms with van der Waals surface area (Å²) < 4.78 is 23.4. The minimum absolute atomic E-state index is 0.0899. The number of carboxylic acids is 1. The Morgan fingerprint density at radius 3 is 1.59 bits per heavy atom. The maximum absolute atomic E-state index is 14.6. The van der Waals surface area contributed by atoms with Gasteiger partial charge >= 0.3 is 29.8 Å². The van der Waals surface area contributed by atoms with E-state index in [1.54, 1.807) is 0 Å². The standard InChI is InChI=1S/C36H58O10/c37-30(38)18-12-8-7-11-17-29-21-22-33(41)45-27-35-25-43-31(39)19-13-5-2-1-3-9-15-23-36(29,34(42)46-28-35)24-16-10-4-6-14-20-32(40)44-26-35/h29H,1-28H2,(H,37,38). The van der Waals surface area contributed by atoms with Crippen LogP contribution in [0.1, 0.15) is 154 Å². The number of esters is 4. The quantitative estimate of drug-likeness (QED) is 0.170. The second-order valence-electron chi connectivity index (χ2n) is 14.0. The van der Waals surface area contributed by atoms with E-state index in [0.29, 0.717) is 32.1 Å². The first kappa shape index (κ1) is 37.8. The monoisotopic (exact) mass is 650 g/mol. The molecular weight excluding hydrogens is 592 g/mol. The van der Waals surface area contributed by atoms with E-state index < -0.39 is 22.8 Å². The van der Waals surface area contributed by atoms with Crippen molar-refractivity contribution in [2.24, 2.45) is 16.7 Å². The maximum Gasteiger partial charge on any atom is 0.312 e. The second kappa shape index (κ2) is 20.6. The van der Waals surface area contributed by atoms with Crippen LogP contribution in [-0.4, -0.2) is 61.4 Å². The van der Waals surface area contributed by atoms with Crippen molar-refractivity contribution in [3.63, 3.8) is 0 Å². The minimum atomic E-state index is -1.21. The molecular formula is C36H58O10. The number of carbonyl (C=O) groups is 5. The van der Waals surface area contributed by atoms with Gasteiger partial charge in [-0.15, -0.1) is 0 Å². The molecule has 262 valence electrons. The number of carboxylic acid groups (broad SMARTS) is 1. The molecule has 3 aliphatic rings. The topological polar surface area (TPSA) is 142 Å². The fourth-order valence-electron chi connectivity index (χ4n) is 7.28. The van der Waals surface area contributed by atoms with Crippen molar-refractivity contribution in [2.75, 3.05) is 26.4 Å². The predicted octanol–water partition coefficient (Wildman–Crippen LogP) is 7.24. The third kappa shape index (κ3) is 13.2. The highest BCUT2D eigenvalue weighted by Gasteiger charge is 2.48. The highest BCUT2D eigenvalue weighted by Crippen LogP contribution is 2.46. The van der Waals surface area contributed by atoms with Crippen LogP contribution in [0, 0.1) is 16.7 Å². The van der Waals surface area contributed by atoms with Crippen molar-refractivity contribution in [2.45, 2.75) is 154 Å². The molecule has 2 bridgehead atoms. The summed E-state index contributed by atoms with van der Waals surface area (Å²) in [5.74, 6) is -2.30. The van der Waals surface area contributed by atoms with Crippen LogP contribution < -0.4 is 0 Å². The van der Waals surface area contributed by atoms with Gasteiger partial charge in [-0.3, -0.25) is 24.0 Å². The van der Waals surface area contributed by atoms with Gasteiger partial charge in [0, 0.05) is 25.7 Å². The lowest BCUT2D eigenvalue weighted by atomic mass is 9.65. The summed E-state index contributed by atoms with van der Waals surface area (Å²) in [6.07, 6.45) is 17.6. The van der Waals surface area contributed by atoms with Gasteiger partial charge in [-0.2, -0.15) is 0 Å². The number of rotatable bonds is 7. The number of carbonyl (C=O) groups excluding carboxylic acids is 4. The lowest BCUT2D eigenvalue weighted by Gasteiger charge is -2.40. The van der Waals surface area contributed by atoms with E-state index in [1.807, 2.05) is 0 Å². The average Bonchev–Trinajstić information content (AvgIpc) is 3.05. The first-order valence-electron chi connectivity index (χ1n) is 18.1. The molecule has 3 fully saturated rings. The van der Waals surface area contributed by atoms with Crippen molar-refractivity contribution in [3.8, 4) is 0 Å². The number of hydrogen-bond donors (Lipinski definition) is 1. The lowest BCUT2D eigenvalue weighted by molar-refractivity contribution is -0.176. The molecule has 3 rings (SSSR count). The molecule has 0 aromatic heterocycles. The summed E-state index contributed by atoms with van der Waals surface area (Å²) in [5.41, 5.74) is -1.99. The number of unbranched alkanes of at least 4 members (excludes halogenated alkanes) is 3. The van der Waals surface area contributed by atoms with Gasteiger partial charge in [-0.25, -0.2) is 0 Å². The van der Waals surface area contributed by atoms with Crippen LogP contribution in [0.25, 0.3) is 0 Å². The Morgan fingerprint density at radius 1 is 0.587 bits per heavy atom. The summed E-state index contributed by atoms with van der Waals surface area (Å²) in [6, 6.07) is 0. The molecule has 3 atom stereocenters. The molecule has 3 unspecified atom stereocenters. The van der Waals surface area contributed by atoms with Crippen LogP contribution in [0.5, 0.6) is 0 Å². The average molecular weight is 651 g/mol. The van der Waals surface area contributed by atoms with Gasteiger partial charge in [-0.1, -0.05) is 83.5 Å². The van der Waals surface area contributed by atoms with E-state index in [0.717, 1.165) is 96.3 Å². The molecule has 46 heavy (non-hydrogen) atoms. The van der Waals surface area contributed by atoms with E-state index in [-0.39, 0.29) is 75.9 Å². The zero-order chi connectivity index (χ0) is 33.1. The smallest absolute Gasteiger partial charge is 0.312 e. The zero-order valence-electron chi connectivity index (χ0n) is 28.0. The van der Waals surface area contributed by atoms with Gasteiger partial charge in [-0.05, 0) is 50.9 Å². The summed E-state index contributed by atoms with van der Waals surface area (Å²) in [7, 11) is 0. The number of ether oxygens (including phenoxy) is 4. The van der Waals surface area contributed by atoms with Crippen LogP contribution in [-0.2, 0) is 42.9 Å². The van der Waals surface area contributed by atoms with Crippen LogP contribution in [0.2, 0.25) is 0 Å². The number of aliphatic carboxylic acids is 1. The Kier molecular flexibility index (Phi) is 16.9. The van der Waals surface area contributed by atoms with Crippen LogP contribution in [0.15, 0.2) is 0 Å². The van der Waals surface area contributed by atoms with E-state index in [1.165, 1.54) is 0 Å². The molecule has 0 aromatic rings. The van der Waals surface area contributed by atoms with Crippen molar-refractivity contribution in [3.05, 3.63) is 0 Å². The maximum atomic E-state index is 14.6. The molecule has 1 N–H and O–H groups in total. The third-order valence-electron chi connectivity index (χ3n) is 10.2. The van der Waals surface area contributed by atoms with E-state index >= 15 is 0 Å². The molecule has 0 aromatic carbocycles. The molecule has 0 spiro atoms. The Bertz CT molecular complexity index is 980. The first-order chi connectivity index (χ1) is 22.2. The zero-order valence-corrected chi connectivity index (χ0v) is 28.0. The van der Waals surface area contributed by atoms with Gasteiger partial charge in [0.15, 0.2) is 0 Å². The summed E-state index contributed by atoms with van der Waals surface area (Å²) in [6.45, 7) is -0.761. The van der Waals surface area contributed by atoms with E-state index in [9.17, 15) is 24.0 Å². The molecule has 0 radical (unpaired) electrons. The predicted molar refractivity (Wildman–Crippen MR) is 171 cm³/mol. The van der Waals surface area contributed by atoms with Crippen LogP contribution >= 0.6 is 0 Å². The SMILES string of the molecule is O=C(O)CCCCCCC1CCC(=O)OCC23COC(=O)CCCCCCCCCC1(CCCCCCCC(=O)OC2)C(=O)OC3. The van der Waals surface area contributed by atoms with Gasteiger partial charge in [0.25, 0.3) is 0 Å². The molecule has 10 nitrogen and oxygen atoms in total. The fraction of sp³-hybridized carbons (Fsp3) is 0.861. The van der Waals surface area contributed by atoms with Crippen molar-refractivity contribution in [1.29, 1.82) is 0 Å². The molecule has 3 heterocycles. The molecule has 3 saturated heterocycles. The molecule has 0 saturated carbocycles. The summed E-state index contributed by atoms with van der Waals surface area (Å²) >= 11 is 0. The van der Waals surface area contributed by atoms with Crippen molar-refractivity contribution >= 4 is 29.8 Å². The summed E-state index contributed by atoms with van der Waals surface area (Å²) in [5, 5.41) is 9.02. The van der Waals surface area contributed by atoms with Gasteiger partial charge in [0.2, 0.25) is 0 Å². The molecule has 10 heteroatoms. The first-order valence-corrected chi connectivity index (χ1v) is 18.1. The van der Waals surface area contributed by atoms with Crippen LogP contribution in [0.4, 0.5) is 0 Å². The third-order valence-corrected chi connectivity index (χ3v) is 10.2. The lowest BCUT2D eigenvalue weighted by Crippen LogP contribution is -2.46. The van der Waals surface area contributed by atoms with Gasteiger partial charge in [0.05, 0.1) is 5.41 Å². The molecule has 0 amide bonds. The number of cyclic esters (lactones) is 3. The van der Waals surface area contributed by atoms with Crippen LogP contribution in [0.3, 0.4) is 0 Å². The van der Waals surface area contributed by atoms with Crippen molar-refractivity contribution in [1.82, 2.24) is 0 Å². The Hall–Kier alpha value is -2.65. The Labute approximate surface area is 275 Å². The minimum Gasteiger partial charge on any atom is -0.481 e. The largest absolute Gasteiger partial charge is 0.481 e. The van der Waals surface area contributed by atoms with E-state index in [2.05, 4.69) is 0 Å². The normalized spacial score (nSPS) is 28.9. The molecule has 0 aliphatic carbocycles. The van der Waals surface area contributed by atoms with Gasteiger partial charge in [0.1, 0.15) is 31.8 Å². The van der Waals surface area contributed by atoms with Gasteiger partial charge < -0.3 is 24.1 Å². The highest BCUT2D eigenvalue weighted by atomic mass is 16.6. The summed E-state index contributed by atoms with van der Waals surface area (Å²) in [4.78, 5) is 64.2. The Morgan fingerprint density at radius 2 is 1.04 bits per heavy atom. The molecule has 3 aliphatic heterocycles. The van der Waals surface area contributed by atoms with E-state index in [4.69, 9.17) is 24.1 Å². The Balaban J connectivity index is 1.99. The second-order valence-corrected chi connectivity index (χ2v) is 14.0. The van der Waals surface area contributed by atoms with Crippen molar-refractivity contribution < 1.29 is 48.0 Å².